The molecule has 10 heavy (non-hydrogen) atoms. The van der Waals surface area contributed by atoms with E-state index in [2.05, 4.69) is 10.6 Å². The Kier molecular flexibility index (Phi) is 1.61. The van der Waals surface area contributed by atoms with Crippen LogP contribution in [-0.2, 0) is 4.79 Å². The van der Waals surface area contributed by atoms with E-state index in [-0.39, 0.29) is 17.9 Å². The molecule has 4 heteroatoms. The zero-order chi connectivity index (χ0) is 7.72. The molecule has 2 atom stereocenters. The Hall–Kier alpha value is -1.06. The number of carbonyl (C=O) groups is 2. The van der Waals surface area contributed by atoms with Gasteiger partial charge in [-0.25, -0.2) is 4.79 Å². The van der Waals surface area contributed by atoms with Crippen LogP contribution in [0.3, 0.4) is 0 Å². The van der Waals surface area contributed by atoms with Crippen molar-refractivity contribution in [2.24, 2.45) is 5.92 Å². The molecule has 1 aliphatic heterocycles. The molecule has 3 amide bonds. The maximum Gasteiger partial charge on any atom is 0.321 e. The molecule has 0 aromatic heterocycles. The third kappa shape index (κ3) is 1.10. The first kappa shape index (κ1) is 7.05. The molecule has 0 aromatic rings. The van der Waals surface area contributed by atoms with Gasteiger partial charge in [0.05, 0.1) is 5.92 Å². The highest BCUT2D eigenvalue weighted by molar-refractivity contribution is 5.98. The van der Waals surface area contributed by atoms with Gasteiger partial charge in [-0.2, -0.15) is 0 Å². The number of imide groups is 1. The van der Waals surface area contributed by atoms with E-state index in [9.17, 15) is 9.59 Å². The zero-order valence-corrected chi connectivity index (χ0v) is 5.97. The van der Waals surface area contributed by atoms with Crippen LogP contribution in [0.1, 0.15) is 13.8 Å². The topological polar surface area (TPSA) is 58.2 Å². The molecule has 1 saturated heterocycles. The van der Waals surface area contributed by atoms with E-state index in [0.717, 1.165) is 0 Å². The van der Waals surface area contributed by atoms with Crippen LogP contribution in [0.4, 0.5) is 4.79 Å². The summed E-state index contributed by atoms with van der Waals surface area (Å²) in [6, 6.07) is -0.447. The second-order valence-electron chi connectivity index (χ2n) is 2.54. The Morgan fingerprint density at radius 3 is 2.40 bits per heavy atom. The maximum atomic E-state index is 10.8. The zero-order valence-electron chi connectivity index (χ0n) is 5.97. The predicted molar refractivity (Wildman–Crippen MR) is 35.3 cm³/mol. The van der Waals surface area contributed by atoms with Gasteiger partial charge in [-0.3, -0.25) is 10.1 Å². The van der Waals surface area contributed by atoms with Gasteiger partial charge in [0.25, 0.3) is 0 Å². The number of hydrogen-bond acceptors (Lipinski definition) is 2. The molecule has 0 radical (unpaired) electrons. The lowest BCUT2D eigenvalue weighted by Gasteiger charge is -2.25. The summed E-state index contributed by atoms with van der Waals surface area (Å²) in [4.78, 5) is 21.4. The smallest absolute Gasteiger partial charge is 0.321 e. The van der Waals surface area contributed by atoms with Crippen molar-refractivity contribution in [2.75, 3.05) is 0 Å². The highest BCUT2D eigenvalue weighted by atomic mass is 16.2. The number of urea groups is 1. The normalized spacial score (nSPS) is 33.0. The fourth-order valence-corrected chi connectivity index (χ4v) is 0.821. The van der Waals surface area contributed by atoms with Crippen LogP contribution >= 0.6 is 0 Å². The number of carbonyl (C=O) groups excluding carboxylic acids is 2. The van der Waals surface area contributed by atoms with Gasteiger partial charge < -0.3 is 5.32 Å². The molecule has 0 unspecified atom stereocenters. The van der Waals surface area contributed by atoms with Crippen LogP contribution in [0.15, 0.2) is 0 Å². The second kappa shape index (κ2) is 2.28. The third-order valence-electron chi connectivity index (χ3n) is 1.76. The van der Waals surface area contributed by atoms with Crippen LogP contribution < -0.4 is 10.6 Å². The van der Waals surface area contributed by atoms with E-state index in [1.54, 1.807) is 13.8 Å². The minimum absolute atomic E-state index is 0.0544. The lowest BCUT2D eigenvalue weighted by atomic mass is 10.0. The van der Waals surface area contributed by atoms with Crippen LogP contribution in [0.5, 0.6) is 0 Å². The van der Waals surface area contributed by atoms with Gasteiger partial charge in [-0.05, 0) is 6.92 Å². The standard InChI is InChI=1S/C6H10N2O2/c1-3-4(2)7-6(10)8-5(3)9/h3-4H,1-2H3,(H2,7,8,9,10)/t3-,4-/m0/s1. The van der Waals surface area contributed by atoms with Crippen LogP contribution in [0.25, 0.3) is 0 Å². The molecule has 0 bridgehead atoms. The summed E-state index contributed by atoms with van der Waals surface area (Å²) in [5.41, 5.74) is 0. The van der Waals surface area contributed by atoms with Crippen molar-refractivity contribution in [3.8, 4) is 0 Å². The van der Waals surface area contributed by atoms with Gasteiger partial charge >= 0.3 is 6.03 Å². The predicted octanol–water partition coefficient (Wildman–Crippen LogP) is -0.150. The van der Waals surface area contributed by atoms with E-state index in [1.165, 1.54) is 0 Å². The van der Waals surface area contributed by atoms with Crippen molar-refractivity contribution < 1.29 is 9.59 Å². The van der Waals surface area contributed by atoms with Crippen molar-refractivity contribution in [3.05, 3.63) is 0 Å². The average Bonchev–Trinajstić information content (AvgIpc) is 1.82. The molecular formula is C6H10N2O2. The van der Waals surface area contributed by atoms with Gasteiger partial charge in [-0.1, -0.05) is 6.92 Å². The Morgan fingerprint density at radius 1 is 1.30 bits per heavy atom. The molecule has 2 N–H and O–H groups in total. The number of amides is 3. The van der Waals surface area contributed by atoms with Crippen LogP contribution in [0.2, 0.25) is 0 Å². The summed E-state index contributed by atoms with van der Waals surface area (Å²) >= 11 is 0. The van der Waals surface area contributed by atoms with Crippen LogP contribution in [0, 0.1) is 5.92 Å². The SMILES string of the molecule is C[C@@H]1NC(=O)NC(=O)[C@H]1C. The first-order valence-corrected chi connectivity index (χ1v) is 3.22. The minimum atomic E-state index is -0.393. The average molecular weight is 142 g/mol. The molecule has 1 heterocycles. The fourth-order valence-electron chi connectivity index (χ4n) is 0.821. The van der Waals surface area contributed by atoms with Crippen LogP contribution in [-0.4, -0.2) is 18.0 Å². The summed E-state index contributed by atoms with van der Waals surface area (Å²) in [6.45, 7) is 3.58. The van der Waals surface area contributed by atoms with Gasteiger partial charge in [0, 0.05) is 6.04 Å². The lowest BCUT2D eigenvalue weighted by molar-refractivity contribution is -0.124. The molecule has 0 saturated carbocycles. The largest absolute Gasteiger partial charge is 0.335 e. The van der Waals surface area contributed by atoms with E-state index in [1.807, 2.05) is 0 Å². The molecule has 0 aromatic carbocycles. The van der Waals surface area contributed by atoms with Crippen molar-refractivity contribution >= 4 is 11.9 Å². The molecule has 0 spiro atoms. The van der Waals surface area contributed by atoms with Crippen molar-refractivity contribution in [1.29, 1.82) is 0 Å². The van der Waals surface area contributed by atoms with E-state index in [0.29, 0.717) is 0 Å². The molecular weight excluding hydrogens is 132 g/mol. The first-order valence-electron chi connectivity index (χ1n) is 3.22. The molecule has 56 valence electrons. The Bertz CT molecular complexity index is 179. The third-order valence-corrected chi connectivity index (χ3v) is 1.76. The quantitative estimate of drug-likeness (QED) is 0.494. The van der Waals surface area contributed by atoms with Crippen molar-refractivity contribution in [1.82, 2.24) is 10.6 Å². The Morgan fingerprint density at radius 2 is 1.90 bits per heavy atom. The van der Waals surface area contributed by atoms with Crippen molar-refractivity contribution in [3.63, 3.8) is 0 Å². The number of hydrogen-bond donors (Lipinski definition) is 2. The highest BCUT2D eigenvalue weighted by Gasteiger charge is 2.27. The Labute approximate surface area is 59.0 Å². The summed E-state index contributed by atoms with van der Waals surface area (Å²) < 4.78 is 0. The van der Waals surface area contributed by atoms with E-state index in [4.69, 9.17) is 0 Å². The molecule has 0 aliphatic carbocycles. The maximum absolute atomic E-state index is 10.8. The molecule has 1 aliphatic rings. The number of nitrogens with one attached hydrogen (secondary N) is 2. The summed E-state index contributed by atoms with van der Waals surface area (Å²) in [5.74, 6) is -0.325. The summed E-state index contributed by atoms with van der Waals surface area (Å²) in [6.07, 6.45) is 0. The number of rotatable bonds is 0. The van der Waals surface area contributed by atoms with E-state index < -0.39 is 6.03 Å². The monoisotopic (exact) mass is 142 g/mol. The second-order valence-corrected chi connectivity index (χ2v) is 2.54. The summed E-state index contributed by atoms with van der Waals surface area (Å²) in [7, 11) is 0. The molecule has 1 rings (SSSR count). The Balaban J connectivity index is 2.66. The van der Waals surface area contributed by atoms with Crippen molar-refractivity contribution in [2.45, 2.75) is 19.9 Å². The van der Waals surface area contributed by atoms with Gasteiger partial charge in [0.15, 0.2) is 0 Å². The lowest BCUT2D eigenvalue weighted by Crippen LogP contribution is -2.56. The van der Waals surface area contributed by atoms with E-state index >= 15 is 0 Å². The summed E-state index contributed by atoms with van der Waals surface area (Å²) in [5, 5.41) is 4.76. The van der Waals surface area contributed by atoms with Gasteiger partial charge in [-0.15, -0.1) is 0 Å². The molecule has 1 fully saturated rings. The fraction of sp³-hybridized carbons (Fsp3) is 0.667. The minimum Gasteiger partial charge on any atom is -0.335 e. The van der Waals surface area contributed by atoms with Gasteiger partial charge in [0.2, 0.25) is 5.91 Å². The first-order chi connectivity index (χ1) is 4.61. The highest BCUT2D eigenvalue weighted by Crippen LogP contribution is 2.05. The molecule has 4 nitrogen and oxygen atoms in total. The van der Waals surface area contributed by atoms with Gasteiger partial charge in [0.1, 0.15) is 0 Å².